The highest BCUT2D eigenvalue weighted by molar-refractivity contribution is 6.05. The van der Waals surface area contributed by atoms with Gasteiger partial charge < -0.3 is 5.11 Å². The van der Waals surface area contributed by atoms with Gasteiger partial charge in [-0.3, -0.25) is 19.3 Å². The number of aliphatic carboxylic acids is 1. The maximum absolute atomic E-state index is 12.2. The fourth-order valence-electron chi connectivity index (χ4n) is 2.92. The van der Waals surface area contributed by atoms with E-state index in [0.29, 0.717) is 25.7 Å². The van der Waals surface area contributed by atoms with Crippen LogP contribution < -0.4 is 0 Å². The summed E-state index contributed by atoms with van der Waals surface area (Å²) in [5.74, 6) is -1.76. The smallest absolute Gasteiger partial charge is 0.311 e. The Morgan fingerprint density at radius 2 is 1.72 bits per heavy atom. The number of carbonyl (C=O) groups is 3. The second-order valence-corrected chi connectivity index (χ2v) is 5.50. The summed E-state index contributed by atoms with van der Waals surface area (Å²) in [5.41, 5.74) is -0.855. The number of nitrogens with zero attached hydrogens (tertiary/aromatic N) is 1. The Morgan fingerprint density at radius 3 is 2.11 bits per heavy atom. The highest BCUT2D eigenvalue weighted by atomic mass is 16.4. The van der Waals surface area contributed by atoms with Crippen LogP contribution in [0.4, 0.5) is 0 Å². The van der Waals surface area contributed by atoms with Crippen molar-refractivity contribution in [1.82, 2.24) is 4.90 Å². The summed E-state index contributed by atoms with van der Waals surface area (Å²) in [6.07, 6.45) is 6.19. The summed E-state index contributed by atoms with van der Waals surface area (Å²) in [6.45, 7) is 0.0625. The van der Waals surface area contributed by atoms with Crippen LogP contribution in [0.1, 0.15) is 25.7 Å². The van der Waals surface area contributed by atoms with Crippen molar-refractivity contribution in [2.24, 2.45) is 17.3 Å². The molecule has 1 N–H and O–H groups in total. The van der Waals surface area contributed by atoms with Crippen LogP contribution in [0.15, 0.2) is 12.2 Å². The van der Waals surface area contributed by atoms with Crippen molar-refractivity contribution >= 4 is 17.8 Å². The molecule has 0 spiro atoms. The quantitative estimate of drug-likeness (QED) is 0.593. The molecule has 0 aromatic carbocycles. The van der Waals surface area contributed by atoms with Crippen LogP contribution in [-0.2, 0) is 14.4 Å². The van der Waals surface area contributed by atoms with Crippen molar-refractivity contribution < 1.29 is 19.5 Å². The van der Waals surface area contributed by atoms with Gasteiger partial charge in [-0.25, -0.2) is 0 Å². The van der Waals surface area contributed by atoms with E-state index < -0.39 is 11.4 Å². The van der Waals surface area contributed by atoms with Crippen LogP contribution in [0.25, 0.3) is 0 Å². The minimum absolute atomic E-state index is 0.0625. The van der Waals surface area contributed by atoms with Gasteiger partial charge in [0.1, 0.15) is 0 Å². The zero-order valence-corrected chi connectivity index (χ0v) is 9.96. The Labute approximate surface area is 104 Å². The van der Waals surface area contributed by atoms with E-state index in [2.05, 4.69) is 0 Å². The number of imide groups is 1. The Bertz CT molecular complexity index is 438. The van der Waals surface area contributed by atoms with E-state index in [-0.39, 0.29) is 30.2 Å². The van der Waals surface area contributed by atoms with Crippen LogP contribution in [0.2, 0.25) is 0 Å². The van der Waals surface area contributed by atoms with Gasteiger partial charge in [-0.2, -0.15) is 0 Å². The molecule has 0 radical (unpaired) electrons. The Balaban J connectivity index is 1.80. The molecular formula is C13H15NO4. The van der Waals surface area contributed by atoms with E-state index in [4.69, 9.17) is 5.11 Å². The fourth-order valence-corrected chi connectivity index (χ4v) is 2.92. The van der Waals surface area contributed by atoms with Gasteiger partial charge in [0.25, 0.3) is 0 Å². The topological polar surface area (TPSA) is 74.7 Å². The molecule has 2 atom stereocenters. The van der Waals surface area contributed by atoms with Crippen LogP contribution in [0.3, 0.4) is 0 Å². The molecule has 2 fully saturated rings. The number of amides is 2. The number of rotatable bonds is 3. The van der Waals surface area contributed by atoms with Crippen LogP contribution in [0.5, 0.6) is 0 Å². The summed E-state index contributed by atoms with van der Waals surface area (Å²) >= 11 is 0. The molecule has 96 valence electrons. The van der Waals surface area contributed by atoms with E-state index in [1.54, 1.807) is 0 Å². The molecule has 5 heteroatoms. The standard InChI is InChI=1S/C13H15NO4/c15-10-8-3-1-2-4-9(8)11(16)14(10)7-13(5-6-13)12(17)18/h1-2,8-9H,3-7H2,(H,17,18)/t8-,9+. The molecule has 1 saturated heterocycles. The van der Waals surface area contributed by atoms with E-state index in [1.807, 2.05) is 12.2 Å². The lowest BCUT2D eigenvalue weighted by Gasteiger charge is -2.19. The summed E-state index contributed by atoms with van der Waals surface area (Å²) in [7, 11) is 0. The van der Waals surface area contributed by atoms with E-state index >= 15 is 0 Å². The minimum Gasteiger partial charge on any atom is -0.481 e. The van der Waals surface area contributed by atoms with Crippen molar-refractivity contribution in [3.8, 4) is 0 Å². The third kappa shape index (κ3) is 1.50. The molecule has 1 aliphatic heterocycles. The van der Waals surface area contributed by atoms with Gasteiger partial charge in [0.15, 0.2) is 0 Å². The molecule has 1 saturated carbocycles. The van der Waals surface area contributed by atoms with Crippen molar-refractivity contribution in [2.75, 3.05) is 6.54 Å². The zero-order chi connectivity index (χ0) is 12.9. The summed E-state index contributed by atoms with van der Waals surface area (Å²) in [5, 5.41) is 9.13. The average Bonchev–Trinajstić information content (AvgIpc) is 3.11. The molecule has 5 nitrogen and oxygen atoms in total. The molecule has 0 aromatic heterocycles. The SMILES string of the molecule is O=C1[C@H]2CC=CC[C@H]2C(=O)N1CC1(C(=O)O)CC1. The van der Waals surface area contributed by atoms with Gasteiger partial charge in [-0.05, 0) is 25.7 Å². The number of allylic oxidation sites excluding steroid dienone is 2. The highest BCUT2D eigenvalue weighted by Gasteiger charge is 2.56. The van der Waals surface area contributed by atoms with Gasteiger partial charge in [0.2, 0.25) is 11.8 Å². The molecule has 0 aromatic rings. The lowest BCUT2D eigenvalue weighted by Crippen LogP contribution is -2.39. The third-order valence-corrected chi connectivity index (χ3v) is 4.37. The van der Waals surface area contributed by atoms with Gasteiger partial charge in [0, 0.05) is 6.54 Å². The maximum atomic E-state index is 12.2. The largest absolute Gasteiger partial charge is 0.481 e. The maximum Gasteiger partial charge on any atom is 0.311 e. The Morgan fingerprint density at radius 1 is 1.22 bits per heavy atom. The van der Waals surface area contributed by atoms with Crippen molar-refractivity contribution in [3.63, 3.8) is 0 Å². The van der Waals surface area contributed by atoms with Gasteiger partial charge in [0.05, 0.1) is 17.3 Å². The number of carboxylic acid groups (broad SMARTS) is 1. The molecule has 2 aliphatic carbocycles. The molecule has 2 amide bonds. The number of hydrogen-bond acceptors (Lipinski definition) is 3. The first-order chi connectivity index (χ1) is 8.55. The minimum atomic E-state index is -0.893. The second-order valence-electron chi connectivity index (χ2n) is 5.50. The molecule has 1 heterocycles. The lowest BCUT2D eigenvalue weighted by atomic mass is 9.85. The number of hydrogen-bond donors (Lipinski definition) is 1. The van der Waals surface area contributed by atoms with Crippen LogP contribution >= 0.6 is 0 Å². The predicted molar refractivity (Wildman–Crippen MR) is 61.4 cm³/mol. The number of carbonyl (C=O) groups excluding carboxylic acids is 2. The van der Waals surface area contributed by atoms with E-state index in [1.165, 1.54) is 4.90 Å². The molecule has 3 aliphatic rings. The molecule has 0 unspecified atom stereocenters. The summed E-state index contributed by atoms with van der Waals surface area (Å²) in [6, 6.07) is 0. The number of likely N-dealkylation sites (tertiary alicyclic amines) is 1. The average molecular weight is 249 g/mol. The van der Waals surface area contributed by atoms with E-state index in [9.17, 15) is 14.4 Å². The van der Waals surface area contributed by atoms with Gasteiger partial charge >= 0.3 is 5.97 Å². The Kier molecular flexibility index (Phi) is 2.33. The normalized spacial score (nSPS) is 32.6. The first-order valence-corrected chi connectivity index (χ1v) is 6.29. The third-order valence-electron chi connectivity index (χ3n) is 4.37. The van der Waals surface area contributed by atoms with Crippen molar-refractivity contribution in [3.05, 3.63) is 12.2 Å². The van der Waals surface area contributed by atoms with Crippen molar-refractivity contribution in [2.45, 2.75) is 25.7 Å². The second kappa shape index (κ2) is 3.67. The highest BCUT2D eigenvalue weighted by Crippen LogP contribution is 2.48. The molecule has 3 rings (SSSR count). The van der Waals surface area contributed by atoms with Crippen molar-refractivity contribution in [1.29, 1.82) is 0 Å². The monoisotopic (exact) mass is 249 g/mol. The van der Waals surface area contributed by atoms with Gasteiger partial charge in [-0.15, -0.1) is 0 Å². The predicted octanol–water partition coefficient (Wildman–Crippen LogP) is 0.802. The van der Waals surface area contributed by atoms with E-state index in [0.717, 1.165) is 0 Å². The zero-order valence-electron chi connectivity index (χ0n) is 9.96. The first-order valence-electron chi connectivity index (χ1n) is 6.29. The Hall–Kier alpha value is -1.65. The molecular weight excluding hydrogens is 234 g/mol. The number of fused-ring (bicyclic) bond motifs is 1. The molecule has 18 heavy (non-hydrogen) atoms. The molecule has 0 bridgehead atoms. The summed E-state index contributed by atoms with van der Waals surface area (Å²) < 4.78 is 0. The number of carboxylic acids is 1. The summed E-state index contributed by atoms with van der Waals surface area (Å²) in [4.78, 5) is 36.6. The van der Waals surface area contributed by atoms with Crippen LogP contribution in [-0.4, -0.2) is 34.3 Å². The fraction of sp³-hybridized carbons (Fsp3) is 0.615. The first kappa shape index (κ1) is 11.4. The van der Waals surface area contributed by atoms with Crippen LogP contribution in [0, 0.1) is 17.3 Å². The van der Waals surface area contributed by atoms with Gasteiger partial charge in [-0.1, -0.05) is 12.2 Å². The lowest BCUT2D eigenvalue weighted by molar-refractivity contribution is -0.147.